The van der Waals surface area contributed by atoms with Crippen LogP contribution in [0.15, 0.2) is 18.2 Å². The Labute approximate surface area is 221 Å². The molecule has 1 aromatic carbocycles. The number of piperidine rings is 1. The van der Waals surface area contributed by atoms with Gasteiger partial charge in [-0.05, 0) is 63.4 Å². The smallest absolute Gasteiger partial charge is 0.172 e. The fourth-order valence-electron chi connectivity index (χ4n) is 6.00. The van der Waals surface area contributed by atoms with Gasteiger partial charge in [0.2, 0.25) is 0 Å². The van der Waals surface area contributed by atoms with Crippen molar-refractivity contribution in [3.63, 3.8) is 0 Å². The molecule has 3 N–H and O–H groups in total. The monoisotopic (exact) mass is 506 g/mol. The summed E-state index contributed by atoms with van der Waals surface area (Å²) >= 11 is 0. The minimum Gasteiger partial charge on any atom is -0.371 e. The van der Waals surface area contributed by atoms with Gasteiger partial charge in [0.15, 0.2) is 17.9 Å². The number of carbonyl (C=O) groups excluding carboxylic acids is 1. The summed E-state index contributed by atoms with van der Waals surface area (Å²) < 4.78 is 0. The van der Waals surface area contributed by atoms with Gasteiger partial charge in [0, 0.05) is 75.8 Å². The van der Waals surface area contributed by atoms with Crippen LogP contribution in [0.1, 0.15) is 47.9 Å². The number of nitrogens with two attached hydrogens (primary N) is 1. The maximum absolute atomic E-state index is 11.9. The van der Waals surface area contributed by atoms with E-state index in [0.29, 0.717) is 24.0 Å². The van der Waals surface area contributed by atoms with E-state index in [1.165, 1.54) is 50.3 Å². The highest BCUT2D eigenvalue weighted by Gasteiger charge is 2.28. The lowest BCUT2D eigenvalue weighted by Gasteiger charge is -2.43. The van der Waals surface area contributed by atoms with E-state index >= 15 is 0 Å². The van der Waals surface area contributed by atoms with Crippen molar-refractivity contribution < 1.29 is 4.79 Å². The van der Waals surface area contributed by atoms with Crippen molar-refractivity contribution in [2.24, 2.45) is 5.73 Å². The average molecular weight is 507 g/mol. The number of likely N-dealkylation sites (N-methyl/N-ethyl adjacent to an activating group) is 1. The number of rotatable bonds is 7. The summed E-state index contributed by atoms with van der Waals surface area (Å²) in [5, 5.41) is 3.38. The van der Waals surface area contributed by atoms with Crippen LogP contribution in [0.2, 0.25) is 0 Å². The summed E-state index contributed by atoms with van der Waals surface area (Å²) in [6.45, 7) is 12.8. The number of benzene rings is 1. The molecule has 3 aliphatic heterocycles. The van der Waals surface area contributed by atoms with Crippen molar-refractivity contribution in [1.29, 1.82) is 0 Å². The highest BCUT2D eigenvalue weighted by atomic mass is 16.1. The third kappa shape index (κ3) is 5.73. The summed E-state index contributed by atoms with van der Waals surface area (Å²) in [7, 11) is 2.22. The van der Waals surface area contributed by atoms with Crippen molar-refractivity contribution in [3.05, 3.63) is 35.2 Å². The predicted molar refractivity (Wildman–Crippen MR) is 150 cm³/mol. The van der Waals surface area contributed by atoms with E-state index in [0.717, 1.165) is 56.1 Å². The largest absolute Gasteiger partial charge is 0.371 e. The van der Waals surface area contributed by atoms with Gasteiger partial charge in [-0.25, -0.2) is 9.97 Å². The number of aryl methyl sites for hydroxylation is 2. The number of hydrogen-bond acceptors (Lipinski definition) is 9. The lowest BCUT2D eigenvalue weighted by Crippen LogP contribution is -2.52. The molecule has 0 amide bonds. The van der Waals surface area contributed by atoms with E-state index in [1.807, 2.05) is 6.92 Å². The van der Waals surface area contributed by atoms with E-state index < -0.39 is 0 Å². The number of nitrogens with zero attached hydrogens (tertiary/aromatic N) is 6. The van der Waals surface area contributed by atoms with Crippen molar-refractivity contribution >= 4 is 29.3 Å². The molecule has 0 spiro atoms. The Hall–Kier alpha value is -2.75. The number of anilines is 4. The minimum absolute atomic E-state index is 0.149. The Kier molecular flexibility index (Phi) is 7.92. The fraction of sp³-hybridized carbons (Fsp3) is 0.607. The molecule has 5 rings (SSSR count). The predicted octanol–water partition coefficient (Wildman–Crippen LogP) is 2.66. The van der Waals surface area contributed by atoms with Gasteiger partial charge in [0.25, 0.3) is 0 Å². The first-order chi connectivity index (χ1) is 17.9. The molecule has 200 valence electrons. The SMILES string of the molecule is CCc1nc(C=O)c(Nc2ccc(N3CCC(N4CCN(C)CC4)CC3)c(C)c2)nc1N1CC[C@@H](N)C1. The van der Waals surface area contributed by atoms with Crippen LogP contribution < -0.4 is 20.9 Å². The van der Waals surface area contributed by atoms with Crippen molar-refractivity contribution in [2.75, 3.05) is 74.5 Å². The Morgan fingerprint density at radius 1 is 1.03 bits per heavy atom. The first-order valence-electron chi connectivity index (χ1n) is 13.9. The quantitative estimate of drug-likeness (QED) is 0.550. The summed E-state index contributed by atoms with van der Waals surface area (Å²) in [6, 6.07) is 7.29. The van der Waals surface area contributed by atoms with Crippen molar-refractivity contribution in [2.45, 2.75) is 51.6 Å². The Bertz CT molecular complexity index is 1090. The Morgan fingerprint density at radius 2 is 1.76 bits per heavy atom. The number of aldehydes is 1. The lowest BCUT2D eigenvalue weighted by atomic mass is 10.0. The van der Waals surface area contributed by atoms with Crippen LogP contribution >= 0.6 is 0 Å². The third-order valence-corrected chi connectivity index (χ3v) is 8.26. The molecule has 0 radical (unpaired) electrons. The summed E-state index contributed by atoms with van der Waals surface area (Å²) in [4.78, 5) is 31.2. The van der Waals surface area contributed by atoms with Gasteiger partial charge >= 0.3 is 0 Å². The second-order valence-electron chi connectivity index (χ2n) is 10.9. The maximum Gasteiger partial charge on any atom is 0.172 e. The number of carbonyl (C=O) groups is 1. The van der Waals surface area contributed by atoms with E-state index in [2.05, 4.69) is 62.1 Å². The summed E-state index contributed by atoms with van der Waals surface area (Å²) in [6.07, 6.45) is 4.88. The second-order valence-corrected chi connectivity index (χ2v) is 10.9. The second kappa shape index (κ2) is 11.3. The molecule has 0 aliphatic carbocycles. The first-order valence-corrected chi connectivity index (χ1v) is 13.9. The van der Waals surface area contributed by atoms with Gasteiger partial charge in [0.05, 0.1) is 5.69 Å². The van der Waals surface area contributed by atoms with Gasteiger partial charge < -0.3 is 25.8 Å². The van der Waals surface area contributed by atoms with Crippen LogP contribution in [0.3, 0.4) is 0 Å². The molecule has 0 bridgehead atoms. The molecule has 9 nitrogen and oxygen atoms in total. The third-order valence-electron chi connectivity index (χ3n) is 8.26. The average Bonchev–Trinajstić information content (AvgIpc) is 3.35. The topological polar surface area (TPSA) is 93.9 Å². The summed E-state index contributed by atoms with van der Waals surface area (Å²) in [5.41, 5.74) is 10.8. The zero-order valence-electron chi connectivity index (χ0n) is 22.6. The highest BCUT2D eigenvalue weighted by Crippen LogP contribution is 2.31. The van der Waals surface area contributed by atoms with Gasteiger partial charge in [-0.1, -0.05) is 6.92 Å². The molecule has 3 saturated heterocycles. The van der Waals surface area contributed by atoms with Crippen molar-refractivity contribution in [3.8, 4) is 0 Å². The number of piperazine rings is 1. The van der Waals surface area contributed by atoms with E-state index in [1.54, 1.807) is 0 Å². The normalized spacial score (nSPS) is 22.0. The molecule has 3 aliphatic rings. The molecule has 4 heterocycles. The van der Waals surface area contributed by atoms with E-state index in [-0.39, 0.29) is 6.04 Å². The van der Waals surface area contributed by atoms with Gasteiger partial charge in [-0.15, -0.1) is 0 Å². The Balaban J connectivity index is 1.28. The van der Waals surface area contributed by atoms with Crippen LogP contribution in [-0.4, -0.2) is 97.5 Å². The zero-order valence-corrected chi connectivity index (χ0v) is 22.6. The molecule has 1 atom stereocenters. The molecule has 1 aromatic heterocycles. The van der Waals surface area contributed by atoms with Crippen LogP contribution in [0, 0.1) is 6.92 Å². The molecule has 2 aromatic rings. The number of nitrogens with one attached hydrogen (secondary N) is 1. The zero-order chi connectivity index (χ0) is 25.9. The van der Waals surface area contributed by atoms with Crippen LogP contribution in [0.25, 0.3) is 0 Å². The summed E-state index contributed by atoms with van der Waals surface area (Å²) in [5.74, 6) is 1.34. The van der Waals surface area contributed by atoms with Crippen LogP contribution in [0.5, 0.6) is 0 Å². The fourth-order valence-corrected chi connectivity index (χ4v) is 6.00. The Morgan fingerprint density at radius 3 is 2.38 bits per heavy atom. The number of hydrogen-bond donors (Lipinski definition) is 2. The first kappa shape index (κ1) is 25.9. The molecule has 9 heteroatoms. The molecule has 37 heavy (non-hydrogen) atoms. The van der Waals surface area contributed by atoms with E-state index in [9.17, 15) is 4.79 Å². The minimum atomic E-state index is 0.149. The maximum atomic E-state index is 11.9. The number of aromatic nitrogens is 2. The van der Waals surface area contributed by atoms with Gasteiger partial charge in [0.1, 0.15) is 5.69 Å². The van der Waals surface area contributed by atoms with Crippen LogP contribution in [-0.2, 0) is 6.42 Å². The molecule has 0 unspecified atom stereocenters. The standard InChI is InChI=1S/C28H42N8O/c1-4-24-28(36-10-7-21(29)18-36)32-27(25(19-37)31-24)30-22-5-6-26(20(2)17-22)35-11-8-23(9-12-35)34-15-13-33(3)14-16-34/h5-6,17,19,21,23H,4,7-16,18,29H2,1-3H3,(H,30,32)/t21-/m1/s1. The van der Waals surface area contributed by atoms with E-state index in [4.69, 9.17) is 10.7 Å². The molecular formula is C28H42N8O. The lowest BCUT2D eigenvalue weighted by molar-refractivity contribution is 0.0982. The van der Waals surface area contributed by atoms with Gasteiger partial charge in [-0.2, -0.15) is 0 Å². The highest BCUT2D eigenvalue weighted by molar-refractivity contribution is 5.83. The van der Waals surface area contributed by atoms with Crippen molar-refractivity contribution in [1.82, 2.24) is 19.8 Å². The molecular weight excluding hydrogens is 464 g/mol. The molecule has 3 fully saturated rings. The molecule has 0 saturated carbocycles. The van der Waals surface area contributed by atoms with Crippen LogP contribution in [0.4, 0.5) is 23.0 Å². The van der Waals surface area contributed by atoms with Gasteiger partial charge in [-0.3, -0.25) is 9.69 Å².